The Morgan fingerprint density at radius 2 is 2.14 bits per heavy atom. The van der Waals surface area contributed by atoms with E-state index in [1.807, 2.05) is 20.8 Å². The van der Waals surface area contributed by atoms with Crippen LogP contribution in [0.5, 0.6) is 0 Å². The molecule has 1 amide bonds. The number of carbonyl (C=O) groups excluding carboxylic acids is 1. The van der Waals surface area contributed by atoms with Gasteiger partial charge < -0.3 is 15.2 Å². The molecule has 2 atom stereocenters. The largest absolute Gasteiger partial charge is 0.479 e. The van der Waals surface area contributed by atoms with Gasteiger partial charge in [0.1, 0.15) is 4.88 Å². The van der Waals surface area contributed by atoms with Crippen molar-refractivity contribution in [2.45, 2.75) is 51.2 Å². The predicted octanol–water partition coefficient (Wildman–Crippen LogP) is 1.20. The van der Waals surface area contributed by atoms with E-state index in [0.717, 1.165) is 11.5 Å². The average Bonchev–Trinajstić information content (AvgIpc) is 3.04. The van der Waals surface area contributed by atoms with E-state index in [-0.39, 0.29) is 17.4 Å². The quantitative estimate of drug-likeness (QED) is 0.866. The van der Waals surface area contributed by atoms with Gasteiger partial charge >= 0.3 is 5.97 Å². The van der Waals surface area contributed by atoms with Gasteiger partial charge in [0.05, 0.1) is 11.8 Å². The second kappa shape index (κ2) is 6.07. The monoisotopic (exact) mass is 313 g/mol. The zero-order chi connectivity index (χ0) is 15.6. The number of amides is 1. The van der Waals surface area contributed by atoms with Crippen molar-refractivity contribution >= 4 is 23.4 Å². The van der Waals surface area contributed by atoms with Crippen molar-refractivity contribution in [2.75, 3.05) is 6.54 Å². The van der Waals surface area contributed by atoms with Crippen molar-refractivity contribution in [1.29, 1.82) is 0 Å². The van der Waals surface area contributed by atoms with Gasteiger partial charge in [-0.2, -0.15) is 0 Å². The molecule has 0 spiro atoms. The minimum atomic E-state index is -0.953. The van der Waals surface area contributed by atoms with E-state index in [1.165, 1.54) is 0 Å². The second-order valence-electron chi connectivity index (χ2n) is 6.07. The molecule has 2 heterocycles. The van der Waals surface area contributed by atoms with Crippen LogP contribution in [0.3, 0.4) is 0 Å². The van der Waals surface area contributed by atoms with Gasteiger partial charge in [-0.25, -0.2) is 4.79 Å². The molecular weight excluding hydrogens is 294 g/mol. The third-order valence-electron chi connectivity index (χ3n) is 3.28. The van der Waals surface area contributed by atoms with Crippen LogP contribution < -0.4 is 5.32 Å². The standard InChI is InChI=1S/C13H19N3O4S/c1-13(2,3)10-9(21-16-15-10)11(17)14-6-7-4-5-8(20-7)12(18)19/h7-8H,4-6H2,1-3H3,(H,14,17)(H,18,19). The van der Waals surface area contributed by atoms with Crippen LogP contribution in [0.1, 0.15) is 49.0 Å². The first-order chi connectivity index (χ1) is 9.79. The summed E-state index contributed by atoms with van der Waals surface area (Å²) in [6.07, 6.45) is 0.0892. The van der Waals surface area contributed by atoms with Crippen LogP contribution in [0, 0.1) is 0 Å². The molecule has 1 aromatic heterocycles. The number of aliphatic carboxylic acids is 1. The number of rotatable bonds is 4. The van der Waals surface area contributed by atoms with Gasteiger partial charge in [-0.1, -0.05) is 25.3 Å². The Hall–Kier alpha value is -1.54. The number of carboxylic acid groups (broad SMARTS) is 1. The molecule has 1 saturated heterocycles. The lowest BCUT2D eigenvalue weighted by Gasteiger charge is -2.17. The summed E-state index contributed by atoms with van der Waals surface area (Å²) >= 11 is 1.06. The Kier molecular flexibility index (Phi) is 4.58. The molecule has 2 rings (SSSR count). The number of carbonyl (C=O) groups is 2. The van der Waals surface area contributed by atoms with Crippen LogP contribution in [0.4, 0.5) is 0 Å². The van der Waals surface area contributed by atoms with Crippen molar-refractivity contribution in [1.82, 2.24) is 14.9 Å². The highest BCUT2D eigenvalue weighted by Gasteiger charge is 2.31. The molecule has 0 bridgehead atoms. The van der Waals surface area contributed by atoms with Gasteiger partial charge in [-0.05, 0) is 24.4 Å². The molecule has 0 aliphatic carbocycles. The van der Waals surface area contributed by atoms with Crippen molar-refractivity contribution in [3.8, 4) is 0 Å². The van der Waals surface area contributed by atoms with Crippen LogP contribution in [-0.4, -0.2) is 45.3 Å². The highest BCUT2D eigenvalue weighted by molar-refractivity contribution is 7.08. The summed E-state index contributed by atoms with van der Waals surface area (Å²) in [5, 5.41) is 15.7. The number of ether oxygens (including phenoxy) is 1. The average molecular weight is 313 g/mol. The molecular formula is C13H19N3O4S. The van der Waals surface area contributed by atoms with Gasteiger partial charge in [-0.3, -0.25) is 4.79 Å². The zero-order valence-electron chi connectivity index (χ0n) is 12.3. The van der Waals surface area contributed by atoms with Gasteiger partial charge in [0.2, 0.25) is 0 Å². The normalized spacial score (nSPS) is 22.2. The summed E-state index contributed by atoms with van der Waals surface area (Å²) < 4.78 is 9.19. The number of nitrogens with zero attached hydrogens (tertiary/aromatic N) is 2. The molecule has 116 valence electrons. The third-order valence-corrected chi connectivity index (χ3v) is 4.00. The summed E-state index contributed by atoms with van der Waals surface area (Å²) in [5.41, 5.74) is 0.415. The Morgan fingerprint density at radius 1 is 1.43 bits per heavy atom. The molecule has 0 aromatic carbocycles. The predicted molar refractivity (Wildman–Crippen MR) is 76.5 cm³/mol. The van der Waals surface area contributed by atoms with E-state index in [4.69, 9.17) is 9.84 Å². The van der Waals surface area contributed by atoms with Crippen LogP contribution in [-0.2, 0) is 14.9 Å². The number of hydrogen-bond acceptors (Lipinski definition) is 6. The van der Waals surface area contributed by atoms with E-state index in [1.54, 1.807) is 0 Å². The summed E-state index contributed by atoms with van der Waals surface area (Å²) in [7, 11) is 0. The number of nitrogens with one attached hydrogen (secondary N) is 1. The minimum absolute atomic E-state index is 0.239. The third kappa shape index (κ3) is 3.76. The van der Waals surface area contributed by atoms with Gasteiger partial charge in [0.15, 0.2) is 6.10 Å². The van der Waals surface area contributed by atoms with Crippen LogP contribution in [0.25, 0.3) is 0 Å². The van der Waals surface area contributed by atoms with Crippen LogP contribution in [0.2, 0.25) is 0 Å². The van der Waals surface area contributed by atoms with E-state index in [2.05, 4.69) is 14.9 Å². The Balaban J connectivity index is 1.92. The SMILES string of the molecule is CC(C)(C)c1nnsc1C(=O)NCC1CCC(C(=O)O)O1. The number of aromatic nitrogens is 2. The maximum Gasteiger partial charge on any atom is 0.332 e. The lowest BCUT2D eigenvalue weighted by Crippen LogP contribution is -2.33. The minimum Gasteiger partial charge on any atom is -0.479 e. The van der Waals surface area contributed by atoms with Crippen molar-refractivity contribution in [2.24, 2.45) is 0 Å². The van der Waals surface area contributed by atoms with E-state index < -0.39 is 12.1 Å². The summed E-state index contributed by atoms with van der Waals surface area (Å²) in [6.45, 7) is 6.21. The fourth-order valence-electron chi connectivity index (χ4n) is 2.15. The second-order valence-corrected chi connectivity index (χ2v) is 6.83. The molecule has 21 heavy (non-hydrogen) atoms. The Morgan fingerprint density at radius 3 is 2.71 bits per heavy atom. The lowest BCUT2D eigenvalue weighted by atomic mass is 9.91. The first-order valence-corrected chi connectivity index (χ1v) is 7.55. The van der Waals surface area contributed by atoms with Gasteiger partial charge in [0.25, 0.3) is 5.91 Å². The van der Waals surface area contributed by atoms with E-state index >= 15 is 0 Å². The van der Waals surface area contributed by atoms with E-state index in [0.29, 0.717) is 30.0 Å². The fourth-order valence-corrected chi connectivity index (χ4v) is 2.95. The maximum atomic E-state index is 12.2. The maximum absolute atomic E-state index is 12.2. The highest BCUT2D eigenvalue weighted by Crippen LogP contribution is 2.26. The summed E-state index contributed by atoms with van der Waals surface area (Å²) in [4.78, 5) is 23.5. The molecule has 1 fully saturated rings. The Bertz CT molecular complexity index is 538. The highest BCUT2D eigenvalue weighted by atomic mass is 32.1. The fraction of sp³-hybridized carbons (Fsp3) is 0.692. The summed E-state index contributed by atoms with van der Waals surface area (Å²) in [5.74, 6) is -1.19. The van der Waals surface area contributed by atoms with Crippen molar-refractivity contribution < 1.29 is 19.4 Å². The topological polar surface area (TPSA) is 101 Å². The molecule has 2 unspecified atom stereocenters. The molecule has 2 N–H and O–H groups in total. The molecule has 1 aliphatic heterocycles. The van der Waals surface area contributed by atoms with Crippen LogP contribution >= 0.6 is 11.5 Å². The first kappa shape index (κ1) is 15.8. The molecule has 0 saturated carbocycles. The Labute approximate surface area is 126 Å². The van der Waals surface area contributed by atoms with E-state index in [9.17, 15) is 9.59 Å². The lowest BCUT2D eigenvalue weighted by molar-refractivity contribution is -0.149. The van der Waals surface area contributed by atoms with Crippen LogP contribution in [0.15, 0.2) is 0 Å². The van der Waals surface area contributed by atoms with Crippen molar-refractivity contribution in [3.05, 3.63) is 10.6 Å². The number of hydrogen-bond donors (Lipinski definition) is 2. The first-order valence-electron chi connectivity index (χ1n) is 6.78. The molecule has 7 nitrogen and oxygen atoms in total. The van der Waals surface area contributed by atoms with Crippen molar-refractivity contribution in [3.63, 3.8) is 0 Å². The van der Waals surface area contributed by atoms with Gasteiger partial charge in [-0.15, -0.1) is 5.10 Å². The molecule has 8 heteroatoms. The summed E-state index contributed by atoms with van der Waals surface area (Å²) in [6, 6.07) is 0. The molecule has 0 radical (unpaired) electrons. The molecule has 1 aliphatic rings. The number of carboxylic acids is 1. The zero-order valence-corrected chi connectivity index (χ0v) is 13.1. The van der Waals surface area contributed by atoms with Gasteiger partial charge in [0, 0.05) is 12.0 Å². The molecule has 1 aromatic rings. The smallest absolute Gasteiger partial charge is 0.332 e.